The maximum absolute atomic E-state index is 12.2. The number of amides is 1. The van der Waals surface area contributed by atoms with E-state index in [1.54, 1.807) is 6.92 Å². The van der Waals surface area contributed by atoms with Crippen LogP contribution < -0.4 is 11.1 Å². The van der Waals surface area contributed by atoms with Gasteiger partial charge < -0.3 is 15.5 Å². The highest BCUT2D eigenvalue weighted by Gasteiger charge is 2.40. The number of rotatable bonds is 2. The van der Waals surface area contributed by atoms with Crippen LogP contribution in [0.3, 0.4) is 0 Å². The van der Waals surface area contributed by atoms with Crippen molar-refractivity contribution in [3.8, 4) is 0 Å². The van der Waals surface area contributed by atoms with Gasteiger partial charge in [0, 0.05) is 12.1 Å². The van der Waals surface area contributed by atoms with Gasteiger partial charge in [0.15, 0.2) is 12.1 Å². The normalized spacial score (nSPS) is 34.0. The monoisotopic (exact) mass is 263 g/mol. The number of aromatic nitrogens is 1. The summed E-state index contributed by atoms with van der Waals surface area (Å²) in [6, 6.07) is 0.564. The van der Waals surface area contributed by atoms with E-state index in [1.807, 2.05) is 0 Å². The van der Waals surface area contributed by atoms with Crippen molar-refractivity contribution in [3.05, 3.63) is 17.8 Å². The number of hydrogen-bond donors (Lipinski definition) is 2. The zero-order chi connectivity index (χ0) is 13.4. The summed E-state index contributed by atoms with van der Waals surface area (Å²) >= 11 is 0. The summed E-state index contributed by atoms with van der Waals surface area (Å²) in [5, 5.41) is 3.17. The Morgan fingerprint density at radius 2 is 2.11 bits per heavy atom. The van der Waals surface area contributed by atoms with Gasteiger partial charge in [0.2, 0.25) is 0 Å². The van der Waals surface area contributed by atoms with Gasteiger partial charge in [-0.3, -0.25) is 4.79 Å². The van der Waals surface area contributed by atoms with Crippen LogP contribution in [0, 0.1) is 18.8 Å². The quantitative estimate of drug-likeness (QED) is 0.849. The molecule has 2 fully saturated rings. The molecule has 0 aromatic carbocycles. The number of hydrogen-bond acceptors (Lipinski definition) is 4. The Labute approximate surface area is 112 Å². The number of nitrogens with one attached hydrogen (secondary N) is 1. The van der Waals surface area contributed by atoms with E-state index in [0.717, 1.165) is 12.8 Å². The highest BCUT2D eigenvalue weighted by Crippen LogP contribution is 2.39. The molecule has 3 rings (SSSR count). The fourth-order valence-electron chi connectivity index (χ4n) is 3.77. The maximum atomic E-state index is 12.2. The molecule has 2 bridgehead atoms. The minimum atomic E-state index is -0.108. The van der Waals surface area contributed by atoms with Crippen molar-refractivity contribution in [1.29, 1.82) is 0 Å². The van der Waals surface area contributed by atoms with Gasteiger partial charge >= 0.3 is 0 Å². The largest absolute Gasteiger partial charge is 0.448 e. The molecule has 0 radical (unpaired) electrons. The van der Waals surface area contributed by atoms with Crippen molar-refractivity contribution in [3.63, 3.8) is 0 Å². The van der Waals surface area contributed by atoms with Crippen molar-refractivity contribution in [1.82, 2.24) is 10.3 Å². The zero-order valence-electron chi connectivity index (χ0n) is 11.3. The van der Waals surface area contributed by atoms with Crippen molar-refractivity contribution in [2.24, 2.45) is 17.6 Å². The van der Waals surface area contributed by atoms with Gasteiger partial charge in [-0.1, -0.05) is 6.42 Å². The third kappa shape index (κ3) is 2.39. The minimum absolute atomic E-state index is 0.108. The number of oxazole rings is 1. The first-order valence-corrected chi connectivity index (χ1v) is 7.11. The summed E-state index contributed by atoms with van der Waals surface area (Å²) in [7, 11) is 0. The number of aryl methyl sites for hydroxylation is 1. The fraction of sp³-hybridized carbons (Fsp3) is 0.714. The van der Waals surface area contributed by atoms with E-state index < -0.39 is 0 Å². The van der Waals surface area contributed by atoms with Gasteiger partial charge in [0.05, 0.1) is 0 Å². The molecule has 5 heteroatoms. The molecule has 3 N–H and O–H groups in total. The molecular weight excluding hydrogens is 242 g/mol. The average Bonchev–Trinajstić information content (AvgIpc) is 2.76. The lowest BCUT2D eigenvalue weighted by molar-refractivity contribution is 0.0751. The minimum Gasteiger partial charge on any atom is -0.448 e. The van der Waals surface area contributed by atoms with Crippen molar-refractivity contribution in [2.75, 3.05) is 0 Å². The molecule has 2 atom stereocenters. The van der Waals surface area contributed by atoms with Crippen LogP contribution in [0.5, 0.6) is 0 Å². The second kappa shape index (κ2) is 4.96. The summed E-state index contributed by atoms with van der Waals surface area (Å²) < 4.78 is 5.09. The molecule has 1 amide bonds. The SMILES string of the molecule is Cc1ocnc1C(=O)NC1C2CCCC1CC(N)C2. The van der Waals surface area contributed by atoms with E-state index in [9.17, 15) is 4.79 Å². The van der Waals surface area contributed by atoms with Crippen molar-refractivity contribution in [2.45, 2.75) is 51.1 Å². The molecule has 104 valence electrons. The van der Waals surface area contributed by atoms with Gasteiger partial charge in [-0.2, -0.15) is 0 Å². The molecular formula is C14H21N3O2. The predicted molar refractivity (Wildman–Crippen MR) is 70.5 cm³/mol. The molecule has 1 heterocycles. The predicted octanol–water partition coefficient (Wildman–Crippen LogP) is 1.62. The lowest BCUT2D eigenvalue weighted by Crippen LogP contribution is -2.53. The summed E-state index contributed by atoms with van der Waals surface area (Å²) in [6.45, 7) is 1.76. The number of carbonyl (C=O) groups is 1. The first-order chi connectivity index (χ1) is 9.15. The third-order valence-corrected chi connectivity index (χ3v) is 4.63. The van der Waals surface area contributed by atoms with Gasteiger partial charge in [-0.05, 0) is 44.4 Å². The molecule has 0 aliphatic heterocycles. The molecule has 0 saturated heterocycles. The number of carbonyl (C=O) groups excluding carboxylic acids is 1. The molecule has 2 saturated carbocycles. The van der Waals surface area contributed by atoms with E-state index in [0.29, 0.717) is 29.3 Å². The number of fused-ring (bicyclic) bond motifs is 2. The maximum Gasteiger partial charge on any atom is 0.273 e. The summed E-state index contributed by atoms with van der Waals surface area (Å²) in [5.74, 6) is 1.52. The molecule has 5 nitrogen and oxygen atoms in total. The summed E-state index contributed by atoms with van der Waals surface area (Å²) in [4.78, 5) is 16.2. The summed E-state index contributed by atoms with van der Waals surface area (Å²) in [5.41, 5.74) is 6.51. The molecule has 2 unspecified atom stereocenters. The Bertz CT molecular complexity index is 457. The summed E-state index contributed by atoms with van der Waals surface area (Å²) in [6.07, 6.45) is 6.98. The molecule has 19 heavy (non-hydrogen) atoms. The lowest BCUT2D eigenvalue weighted by Gasteiger charge is -2.45. The topological polar surface area (TPSA) is 81.2 Å². The van der Waals surface area contributed by atoms with Gasteiger partial charge in [0.1, 0.15) is 5.76 Å². The van der Waals surface area contributed by atoms with Crippen LogP contribution in [0.4, 0.5) is 0 Å². The highest BCUT2D eigenvalue weighted by atomic mass is 16.3. The lowest BCUT2D eigenvalue weighted by atomic mass is 9.67. The Hall–Kier alpha value is -1.36. The van der Waals surface area contributed by atoms with Crippen LogP contribution in [0.2, 0.25) is 0 Å². The van der Waals surface area contributed by atoms with Crippen molar-refractivity contribution >= 4 is 5.91 Å². The van der Waals surface area contributed by atoms with Gasteiger partial charge in [-0.25, -0.2) is 4.98 Å². The van der Waals surface area contributed by atoms with Crippen LogP contribution >= 0.6 is 0 Å². The van der Waals surface area contributed by atoms with Crippen LogP contribution in [0.15, 0.2) is 10.8 Å². The molecule has 2 aliphatic carbocycles. The number of nitrogens with two attached hydrogens (primary N) is 1. The Morgan fingerprint density at radius 3 is 2.68 bits per heavy atom. The van der Waals surface area contributed by atoms with E-state index in [4.69, 9.17) is 10.2 Å². The first kappa shape index (κ1) is 12.7. The fourth-order valence-corrected chi connectivity index (χ4v) is 3.77. The van der Waals surface area contributed by atoms with Crippen LogP contribution in [-0.2, 0) is 0 Å². The number of nitrogens with zero attached hydrogens (tertiary/aromatic N) is 1. The molecule has 0 spiro atoms. The smallest absolute Gasteiger partial charge is 0.273 e. The van der Waals surface area contributed by atoms with Gasteiger partial charge in [-0.15, -0.1) is 0 Å². The second-order valence-electron chi connectivity index (χ2n) is 5.94. The third-order valence-electron chi connectivity index (χ3n) is 4.63. The van der Waals surface area contributed by atoms with Crippen molar-refractivity contribution < 1.29 is 9.21 Å². The van der Waals surface area contributed by atoms with Crippen LogP contribution in [-0.4, -0.2) is 23.0 Å². The van der Waals surface area contributed by atoms with Crippen LogP contribution in [0.1, 0.15) is 48.4 Å². The second-order valence-corrected chi connectivity index (χ2v) is 5.94. The molecule has 2 aliphatic rings. The Morgan fingerprint density at radius 1 is 1.42 bits per heavy atom. The Balaban J connectivity index is 1.72. The Kier molecular flexibility index (Phi) is 3.31. The first-order valence-electron chi connectivity index (χ1n) is 7.11. The van der Waals surface area contributed by atoms with E-state index >= 15 is 0 Å². The van der Waals surface area contributed by atoms with E-state index in [-0.39, 0.29) is 11.9 Å². The van der Waals surface area contributed by atoms with Gasteiger partial charge in [0.25, 0.3) is 5.91 Å². The van der Waals surface area contributed by atoms with Crippen LogP contribution in [0.25, 0.3) is 0 Å². The van der Waals surface area contributed by atoms with E-state index in [1.165, 1.54) is 25.7 Å². The molecule has 1 aromatic heterocycles. The average molecular weight is 263 g/mol. The standard InChI is InChI=1S/C14H21N3O2/c1-8-12(16-7-19-8)14(18)17-13-9-3-2-4-10(13)6-11(15)5-9/h7,9-11,13H,2-6,15H2,1H3,(H,17,18). The zero-order valence-corrected chi connectivity index (χ0v) is 11.3. The molecule has 1 aromatic rings. The highest BCUT2D eigenvalue weighted by molar-refractivity contribution is 5.93. The van der Waals surface area contributed by atoms with E-state index in [2.05, 4.69) is 10.3 Å².